The number of hydrogen-bond donors (Lipinski definition) is 3. The maximum atomic E-state index is 10.4. The fourth-order valence-electron chi connectivity index (χ4n) is 5.35. The highest BCUT2D eigenvalue weighted by molar-refractivity contribution is 6.04. The number of hydrogen-bond acceptors (Lipinski definition) is 6. The molecular weight excluding hydrogens is 512 g/mol. The highest BCUT2D eigenvalue weighted by Gasteiger charge is 2.22. The van der Waals surface area contributed by atoms with Crippen molar-refractivity contribution >= 4 is 39.5 Å². The molecule has 1 aliphatic heterocycles. The minimum atomic E-state index is -0.160. The molecule has 1 aromatic heterocycles. The first kappa shape index (κ1) is 30.2. The normalized spacial score (nSPS) is 14.7. The Labute approximate surface area is 244 Å². The fraction of sp³-hybridized carbons (Fsp3) is 0.424. The number of methoxy groups -OCH3 is 1. The zero-order valence-corrected chi connectivity index (χ0v) is 25.5. The molecule has 0 aliphatic carbocycles. The second-order valence-electron chi connectivity index (χ2n) is 11.2. The smallest absolute Gasteiger partial charge is 0.144 e. The second-order valence-corrected chi connectivity index (χ2v) is 11.2. The summed E-state index contributed by atoms with van der Waals surface area (Å²) >= 11 is 0. The van der Waals surface area contributed by atoms with Gasteiger partial charge in [-0.05, 0) is 45.0 Å². The van der Waals surface area contributed by atoms with Crippen LogP contribution in [0.3, 0.4) is 0 Å². The van der Waals surface area contributed by atoms with Crippen molar-refractivity contribution in [1.29, 1.82) is 0 Å². The summed E-state index contributed by atoms with van der Waals surface area (Å²) in [5.41, 5.74) is 13.9. The summed E-state index contributed by atoms with van der Waals surface area (Å²) in [5, 5.41) is 15.1. The highest BCUT2D eigenvalue weighted by atomic mass is 16.5. The Morgan fingerprint density at radius 2 is 2.05 bits per heavy atom. The van der Waals surface area contributed by atoms with Crippen LogP contribution >= 0.6 is 0 Å². The minimum Gasteiger partial charge on any atom is -0.494 e. The Morgan fingerprint density at radius 1 is 1.27 bits per heavy atom. The third kappa shape index (κ3) is 6.44. The number of nitrogens with two attached hydrogens (primary N) is 1. The van der Waals surface area contributed by atoms with E-state index in [0.29, 0.717) is 17.0 Å². The first-order chi connectivity index (χ1) is 19.7. The highest BCUT2D eigenvalue weighted by Crippen LogP contribution is 2.38. The maximum absolute atomic E-state index is 10.4. The molecule has 2 aromatic carbocycles. The number of aliphatic hydroxyl groups excluding tert-OH is 1. The molecule has 0 saturated heterocycles. The Balaban J connectivity index is 1.81. The third-order valence-corrected chi connectivity index (χ3v) is 8.02. The zero-order chi connectivity index (χ0) is 29.7. The van der Waals surface area contributed by atoms with Gasteiger partial charge in [0, 0.05) is 61.4 Å². The lowest BCUT2D eigenvalue weighted by Gasteiger charge is -2.25. The van der Waals surface area contributed by atoms with Crippen LogP contribution in [0.2, 0.25) is 0 Å². The molecule has 0 radical (unpaired) electrons. The predicted molar refractivity (Wildman–Crippen MR) is 174 cm³/mol. The Hall–Kier alpha value is -3.75. The summed E-state index contributed by atoms with van der Waals surface area (Å²) in [5.74, 6) is 1.56. The Kier molecular flexibility index (Phi) is 9.78. The summed E-state index contributed by atoms with van der Waals surface area (Å²) in [4.78, 5) is 9.53. The molecule has 0 amide bonds. The number of aliphatic hydroxyl groups is 1. The lowest BCUT2D eigenvalue weighted by Crippen LogP contribution is -2.29. The molecular formula is C33H46N6O2. The van der Waals surface area contributed by atoms with Gasteiger partial charge in [0.05, 0.1) is 42.0 Å². The van der Waals surface area contributed by atoms with Gasteiger partial charge in [0.15, 0.2) is 0 Å². The number of aryl methyl sites for hydroxylation is 2. The average molecular weight is 559 g/mol. The van der Waals surface area contributed by atoms with E-state index in [1.165, 1.54) is 11.1 Å². The monoisotopic (exact) mass is 558 g/mol. The van der Waals surface area contributed by atoms with Gasteiger partial charge in [0.1, 0.15) is 11.6 Å². The van der Waals surface area contributed by atoms with Crippen LogP contribution in [0.5, 0.6) is 5.75 Å². The molecule has 4 N–H and O–H groups in total. The molecule has 1 unspecified atom stereocenters. The summed E-state index contributed by atoms with van der Waals surface area (Å²) in [7, 11) is 7.82. The van der Waals surface area contributed by atoms with E-state index >= 15 is 0 Å². The number of aliphatic imine (C=N–C) groups is 1. The number of amidine groups is 1. The fourth-order valence-corrected chi connectivity index (χ4v) is 5.35. The lowest BCUT2D eigenvalue weighted by atomic mass is 10.0. The van der Waals surface area contributed by atoms with Gasteiger partial charge in [-0.2, -0.15) is 0 Å². The van der Waals surface area contributed by atoms with Gasteiger partial charge in [-0.3, -0.25) is 0 Å². The van der Waals surface area contributed by atoms with Crippen molar-refractivity contribution < 1.29 is 9.84 Å². The van der Waals surface area contributed by atoms with Gasteiger partial charge < -0.3 is 35.3 Å². The van der Waals surface area contributed by atoms with Crippen LogP contribution in [-0.4, -0.2) is 68.4 Å². The number of ether oxygens (including phenoxy) is 1. The number of para-hydroxylation sites is 1. The van der Waals surface area contributed by atoms with Crippen molar-refractivity contribution in [2.45, 2.75) is 39.7 Å². The molecule has 4 rings (SSSR count). The quantitative estimate of drug-likeness (QED) is 0.116. The van der Waals surface area contributed by atoms with Crippen molar-refractivity contribution in [2.75, 3.05) is 63.9 Å². The van der Waals surface area contributed by atoms with Crippen LogP contribution in [0, 0.1) is 5.92 Å². The van der Waals surface area contributed by atoms with Crippen LogP contribution in [0.15, 0.2) is 59.7 Å². The second kappa shape index (κ2) is 13.3. The van der Waals surface area contributed by atoms with Crippen molar-refractivity contribution in [2.24, 2.45) is 10.9 Å². The van der Waals surface area contributed by atoms with Crippen LogP contribution in [0.25, 0.3) is 16.6 Å². The standard InChI is InChI=1S/C33H46N6O2/c1-8-22(3)33(35-28-18-27(34)29(19-30(28)41-7)38(6)17-16-37(4)5)36-31(23(9-2)21-40)26-20-39-15-11-13-24-12-10-14-25(26)32(24)39/h9-10,12,14,18-20,22,40H,2,8,11,13,15-17,21,34H2,1,3-7H3,(H,35,36)/b31-23+. The number of nitrogens with zero attached hydrogens (tertiary/aromatic N) is 4. The molecule has 0 saturated carbocycles. The zero-order valence-electron chi connectivity index (χ0n) is 25.5. The number of likely N-dealkylation sites (N-methyl/N-ethyl adjacent to an activating group) is 2. The topological polar surface area (TPSA) is 91.3 Å². The lowest BCUT2D eigenvalue weighted by molar-refractivity contribution is 0.335. The Morgan fingerprint density at radius 3 is 2.71 bits per heavy atom. The summed E-state index contributed by atoms with van der Waals surface area (Å²) in [6, 6.07) is 10.4. The first-order valence-corrected chi connectivity index (χ1v) is 14.5. The third-order valence-electron chi connectivity index (χ3n) is 8.02. The van der Waals surface area contributed by atoms with E-state index in [2.05, 4.69) is 78.6 Å². The maximum Gasteiger partial charge on any atom is 0.144 e. The van der Waals surface area contributed by atoms with Gasteiger partial charge in [-0.1, -0.05) is 44.7 Å². The van der Waals surface area contributed by atoms with Crippen LogP contribution in [0.4, 0.5) is 17.1 Å². The van der Waals surface area contributed by atoms with E-state index in [9.17, 15) is 5.11 Å². The van der Waals surface area contributed by atoms with Gasteiger partial charge in [-0.25, -0.2) is 4.99 Å². The largest absolute Gasteiger partial charge is 0.494 e. The summed E-state index contributed by atoms with van der Waals surface area (Å²) in [6.45, 7) is 10.8. The Bertz CT molecular complexity index is 1450. The molecule has 1 aliphatic rings. The SMILES string of the molecule is C=C/C(CO)=C(\N=C(Nc1cc(N)c(N(C)CCN(C)C)cc1OC)C(C)CC)c1cn2c3c(cccc13)CCC2. The molecule has 220 valence electrons. The molecule has 0 fully saturated rings. The molecule has 0 bridgehead atoms. The van der Waals surface area contributed by atoms with E-state index in [1.807, 2.05) is 19.2 Å². The number of nitrogen functional groups attached to an aromatic ring is 1. The predicted octanol–water partition coefficient (Wildman–Crippen LogP) is 5.62. The number of aromatic nitrogens is 1. The van der Waals surface area contributed by atoms with Crippen molar-refractivity contribution in [1.82, 2.24) is 9.47 Å². The molecule has 2 heterocycles. The van der Waals surface area contributed by atoms with Gasteiger partial charge >= 0.3 is 0 Å². The minimum absolute atomic E-state index is 0.0997. The number of benzene rings is 2. The van der Waals surface area contributed by atoms with Crippen molar-refractivity contribution in [3.63, 3.8) is 0 Å². The molecule has 1 atom stereocenters. The van der Waals surface area contributed by atoms with Crippen molar-refractivity contribution in [3.8, 4) is 5.75 Å². The van der Waals surface area contributed by atoms with E-state index in [1.54, 1.807) is 13.2 Å². The number of rotatable bonds is 12. The van der Waals surface area contributed by atoms with Crippen LogP contribution < -0.4 is 20.7 Å². The van der Waals surface area contributed by atoms with Crippen LogP contribution in [0.1, 0.15) is 37.8 Å². The average Bonchev–Trinajstić information content (AvgIpc) is 3.35. The summed E-state index contributed by atoms with van der Waals surface area (Å²) in [6.07, 6.45) is 6.93. The van der Waals surface area contributed by atoms with Gasteiger partial charge in [0.2, 0.25) is 0 Å². The first-order valence-electron chi connectivity index (χ1n) is 14.5. The van der Waals surface area contributed by atoms with Crippen molar-refractivity contribution in [3.05, 3.63) is 65.9 Å². The van der Waals surface area contributed by atoms with E-state index in [0.717, 1.165) is 72.8 Å². The molecule has 41 heavy (non-hydrogen) atoms. The molecule has 3 aromatic rings. The molecule has 8 nitrogen and oxygen atoms in total. The van der Waals surface area contributed by atoms with E-state index in [-0.39, 0.29) is 12.5 Å². The van der Waals surface area contributed by atoms with E-state index < -0.39 is 0 Å². The van der Waals surface area contributed by atoms with Gasteiger partial charge in [0.25, 0.3) is 0 Å². The number of anilines is 3. The van der Waals surface area contributed by atoms with Gasteiger partial charge in [-0.15, -0.1) is 0 Å². The summed E-state index contributed by atoms with van der Waals surface area (Å²) < 4.78 is 8.15. The van der Waals surface area contributed by atoms with E-state index in [4.69, 9.17) is 15.5 Å². The van der Waals surface area contributed by atoms with Crippen LogP contribution in [-0.2, 0) is 13.0 Å². The molecule has 0 spiro atoms. The molecule has 8 heteroatoms. The number of nitrogens with one attached hydrogen (secondary N) is 1.